The van der Waals surface area contributed by atoms with Crippen molar-refractivity contribution < 1.29 is 14.7 Å². The zero-order valence-corrected chi connectivity index (χ0v) is 11.1. The predicted octanol–water partition coefficient (Wildman–Crippen LogP) is 1.02. The number of carbonyl (C=O) groups excluding carboxylic acids is 1. The number of nitrogens with zero attached hydrogens (tertiary/aromatic N) is 2. The highest BCUT2D eigenvalue weighted by atomic mass is 16.6. The van der Waals surface area contributed by atoms with E-state index in [0.717, 1.165) is 11.3 Å². The van der Waals surface area contributed by atoms with E-state index in [-0.39, 0.29) is 5.91 Å². The molecule has 0 fully saturated rings. The SMILES string of the molecule is CC(O)CN(C)C(=O)C1CC(c2ccccc2)=NO1. The minimum absolute atomic E-state index is 0.157. The molecule has 1 amide bonds. The van der Waals surface area contributed by atoms with Gasteiger partial charge in [-0.1, -0.05) is 35.5 Å². The number of aliphatic hydroxyl groups is 1. The minimum Gasteiger partial charge on any atom is -0.392 e. The predicted molar refractivity (Wildman–Crippen MR) is 71.8 cm³/mol. The van der Waals surface area contributed by atoms with Crippen molar-refractivity contribution in [3.63, 3.8) is 0 Å². The summed E-state index contributed by atoms with van der Waals surface area (Å²) in [4.78, 5) is 18.7. The van der Waals surface area contributed by atoms with Crippen molar-refractivity contribution in [1.82, 2.24) is 4.90 Å². The van der Waals surface area contributed by atoms with Crippen LogP contribution in [0.5, 0.6) is 0 Å². The van der Waals surface area contributed by atoms with Crippen molar-refractivity contribution in [2.75, 3.05) is 13.6 Å². The fourth-order valence-corrected chi connectivity index (χ4v) is 2.04. The first-order valence-electron chi connectivity index (χ1n) is 6.29. The quantitative estimate of drug-likeness (QED) is 0.881. The Morgan fingerprint density at radius 2 is 2.21 bits per heavy atom. The highest BCUT2D eigenvalue weighted by Crippen LogP contribution is 2.18. The number of oxime groups is 1. The van der Waals surface area contributed by atoms with Crippen LogP contribution in [0.2, 0.25) is 0 Å². The van der Waals surface area contributed by atoms with Crippen molar-refractivity contribution >= 4 is 11.6 Å². The second kappa shape index (κ2) is 5.84. The lowest BCUT2D eigenvalue weighted by atomic mass is 10.0. The van der Waals surface area contributed by atoms with Crippen molar-refractivity contribution in [2.45, 2.75) is 25.6 Å². The molecule has 0 saturated heterocycles. The van der Waals surface area contributed by atoms with E-state index in [1.54, 1.807) is 14.0 Å². The van der Waals surface area contributed by atoms with Crippen LogP contribution in [0, 0.1) is 0 Å². The molecule has 0 saturated carbocycles. The van der Waals surface area contributed by atoms with E-state index in [0.29, 0.717) is 13.0 Å². The number of likely N-dealkylation sites (N-methyl/N-ethyl adjacent to an activating group) is 1. The molecule has 1 aliphatic heterocycles. The molecule has 5 heteroatoms. The Morgan fingerprint density at radius 1 is 1.53 bits per heavy atom. The van der Waals surface area contributed by atoms with Crippen LogP contribution in [0.3, 0.4) is 0 Å². The molecule has 2 rings (SSSR count). The molecule has 0 aromatic heterocycles. The molecule has 2 unspecified atom stereocenters. The second-order valence-electron chi connectivity index (χ2n) is 4.77. The fourth-order valence-electron chi connectivity index (χ4n) is 2.04. The molecule has 0 spiro atoms. The van der Waals surface area contributed by atoms with Gasteiger partial charge in [0.25, 0.3) is 5.91 Å². The largest absolute Gasteiger partial charge is 0.392 e. The Morgan fingerprint density at radius 3 is 2.84 bits per heavy atom. The monoisotopic (exact) mass is 262 g/mol. The zero-order valence-electron chi connectivity index (χ0n) is 11.1. The number of aliphatic hydroxyl groups excluding tert-OH is 1. The van der Waals surface area contributed by atoms with Crippen LogP contribution >= 0.6 is 0 Å². The summed E-state index contributed by atoms with van der Waals surface area (Å²) in [6.45, 7) is 1.94. The first-order chi connectivity index (χ1) is 9.08. The number of carbonyl (C=O) groups is 1. The highest BCUT2D eigenvalue weighted by molar-refractivity contribution is 6.04. The Kier molecular flexibility index (Phi) is 4.16. The summed E-state index contributed by atoms with van der Waals surface area (Å²) in [7, 11) is 1.65. The molecule has 1 aromatic rings. The second-order valence-corrected chi connectivity index (χ2v) is 4.77. The van der Waals surface area contributed by atoms with Gasteiger partial charge in [-0.05, 0) is 12.5 Å². The minimum atomic E-state index is -0.584. The summed E-state index contributed by atoms with van der Waals surface area (Å²) in [5, 5.41) is 13.3. The van der Waals surface area contributed by atoms with Gasteiger partial charge >= 0.3 is 0 Å². The maximum Gasteiger partial charge on any atom is 0.266 e. The zero-order chi connectivity index (χ0) is 13.8. The van der Waals surface area contributed by atoms with Crippen LogP contribution in [0.25, 0.3) is 0 Å². The molecule has 1 aromatic carbocycles. The molecule has 2 atom stereocenters. The van der Waals surface area contributed by atoms with Gasteiger partial charge in [-0.2, -0.15) is 0 Å². The van der Waals surface area contributed by atoms with E-state index in [1.807, 2.05) is 30.3 Å². The van der Waals surface area contributed by atoms with Gasteiger partial charge < -0.3 is 14.8 Å². The summed E-state index contributed by atoms with van der Waals surface area (Å²) in [5.41, 5.74) is 1.75. The van der Waals surface area contributed by atoms with Gasteiger partial charge in [0.2, 0.25) is 6.10 Å². The van der Waals surface area contributed by atoms with Gasteiger partial charge in [-0.3, -0.25) is 4.79 Å². The normalized spacial score (nSPS) is 19.5. The number of benzene rings is 1. The van der Waals surface area contributed by atoms with Gasteiger partial charge in [0, 0.05) is 20.0 Å². The summed E-state index contributed by atoms with van der Waals surface area (Å²) in [5.74, 6) is -0.157. The van der Waals surface area contributed by atoms with E-state index in [1.165, 1.54) is 4.90 Å². The van der Waals surface area contributed by atoms with Gasteiger partial charge in [-0.15, -0.1) is 0 Å². The molecule has 102 valence electrons. The van der Waals surface area contributed by atoms with Crippen LogP contribution in [-0.4, -0.2) is 47.4 Å². The number of hydrogen-bond acceptors (Lipinski definition) is 4. The summed E-state index contributed by atoms with van der Waals surface area (Å²) < 4.78 is 0. The third-order valence-corrected chi connectivity index (χ3v) is 2.97. The third kappa shape index (κ3) is 3.32. The van der Waals surface area contributed by atoms with Crippen LogP contribution in [0.15, 0.2) is 35.5 Å². The van der Waals surface area contributed by atoms with E-state index in [4.69, 9.17) is 4.84 Å². The lowest BCUT2D eigenvalue weighted by Crippen LogP contribution is -2.40. The lowest BCUT2D eigenvalue weighted by molar-refractivity contribution is -0.141. The smallest absolute Gasteiger partial charge is 0.266 e. The first-order valence-corrected chi connectivity index (χ1v) is 6.29. The topological polar surface area (TPSA) is 62.1 Å². The van der Waals surface area contributed by atoms with Crippen molar-refractivity contribution in [1.29, 1.82) is 0 Å². The van der Waals surface area contributed by atoms with E-state index in [2.05, 4.69) is 5.16 Å². The van der Waals surface area contributed by atoms with Crippen LogP contribution in [0.1, 0.15) is 18.9 Å². The molecule has 1 heterocycles. The van der Waals surface area contributed by atoms with Gasteiger partial charge in [0.05, 0.1) is 11.8 Å². The van der Waals surface area contributed by atoms with Crippen LogP contribution in [0.4, 0.5) is 0 Å². The molecule has 0 radical (unpaired) electrons. The maximum absolute atomic E-state index is 12.1. The Balaban J connectivity index is 1.95. The number of amides is 1. The highest BCUT2D eigenvalue weighted by Gasteiger charge is 2.31. The molecule has 0 aliphatic carbocycles. The van der Waals surface area contributed by atoms with E-state index in [9.17, 15) is 9.90 Å². The Bertz CT molecular complexity index is 471. The number of hydrogen-bond donors (Lipinski definition) is 1. The van der Waals surface area contributed by atoms with E-state index < -0.39 is 12.2 Å². The average Bonchev–Trinajstić information content (AvgIpc) is 2.87. The lowest BCUT2D eigenvalue weighted by Gasteiger charge is -2.20. The summed E-state index contributed by atoms with van der Waals surface area (Å²) in [6, 6.07) is 9.65. The fraction of sp³-hybridized carbons (Fsp3) is 0.429. The molecule has 19 heavy (non-hydrogen) atoms. The van der Waals surface area contributed by atoms with E-state index >= 15 is 0 Å². The van der Waals surface area contributed by atoms with Gasteiger partial charge in [0.1, 0.15) is 0 Å². The molecule has 0 bridgehead atoms. The van der Waals surface area contributed by atoms with Crippen molar-refractivity contribution in [3.05, 3.63) is 35.9 Å². The summed E-state index contributed by atoms with van der Waals surface area (Å²) >= 11 is 0. The molecule has 1 N–H and O–H groups in total. The third-order valence-electron chi connectivity index (χ3n) is 2.97. The molecular weight excluding hydrogens is 244 g/mol. The van der Waals surface area contributed by atoms with Crippen molar-refractivity contribution in [3.8, 4) is 0 Å². The summed E-state index contributed by atoms with van der Waals surface area (Å²) in [6.07, 6.45) is -0.670. The molecular formula is C14H18N2O3. The molecule has 5 nitrogen and oxygen atoms in total. The van der Waals surface area contributed by atoms with Gasteiger partial charge in [0.15, 0.2) is 0 Å². The van der Waals surface area contributed by atoms with Crippen LogP contribution in [-0.2, 0) is 9.63 Å². The number of rotatable bonds is 4. The molecule has 1 aliphatic rings. The standard InChI is InChI=1S/C14H18N2O3/c1-10(17)9-16(2)14(18)13-8-12(15-19-13)11-6-4-3-5-7-11/h3-7,10,13,17H,8-9H2,1-2H3. The van der Waals surface area contributed by atoms with Crippen molar-refractivity contribution in [2.24, 2.45) is 5.16 Å². The maximum atomic E-state index is 12.1. The Hall–Kier alpha value is -1.88. The first kappa shape index (κ1) is 13.5. The average molecular weight is 262 g/mol. The van der Waals surface area contributed by atoms with Crippen LogP contribution < -0.4 is 0 Å². The van der Waals surface area contributed by atoms with Gasteiger partial charge in [-0.25, -0.2) is 0 Å². The Labute approximate surface area is 112 Å².